The molecule has 0 spiro atoms. The molecule has 0 N–H and O–H groups in total. The highest BCUT2D eigenvalue weighted by Crippen LogP contribution is 2.24. The van der Waals surface area contributed by atoms with Crippen LogP contribution in [0, 0.1) is 0 Å². The molecule has 0 radical (unpaired) electrons. The fourth-order valence-electron chi connectivity index (χ4n) is 2.88. The van der Waals surface area contributed by atoms with Gasteiger partial charge in [-0.1, -0.05) is 12.1 Å². The summed E-state index contributed by atoms with van der Waals surface area (Å²) >= 11 is 1.68. The molecule has 1 aromatic carbocycles. The van der Waals surface area contributed by atoms with E-state index < -0.39 is 0 Å². The molecule has 5 nitrogen and oxygen atoms in total. The minimum atomic E-state index is -0.0624. The van der Waals surface area contributed by atoms with Crippen molar-refractivity contribution >= 4 is 17.2 Å². The number of nitrogens with zero attached hydrogens (tertiary/aromatic N) is 2. The first kappa shape index (κ1) is 15.9. The molecule has 0 saturated carbocycles. The minimum Gasteiger partial charge on any atom is -0.484 e. The SMILES string of the molecule is O=C(c1coc(COc2ccc(-c3ccsc3)cc2)n1)N1CCCC1. The van der Waals surface area contributed by atoms with Crippen molar-refractivity contribution in [2.24, 2.45) is 0 Å². The summed E-state index contributed by atoms with van der Waals surface area (Å²) in [5.74, 6) is 1.08. The van der Waals surface area contributed by atoms with E-state index in [9.17, 15) is 4.79 Å². The van der Waals surface area contributed by atoms with Gasteiger partial charge in [0.1, 0.15) is 12.0 Å². The van der Waals surface area contributed by atoms with Crippen LogP contribution >= 0.6 is 11.3 Å². The lowest BCUT2D eigenvalue weighted by Gasteiger charge is -2.12. The Labute approximate surface area is 149 Å². The number of carbonyl (C=O) groups is 1. The summed E-state index contributed by atoms with van der Waals surface area (Å²) in [6, 6.07) is 9.98. The molecule has 3 heterocycles. The number of oxazole rings is 1. The van der Waals surface area contributed by atoms with Gasteiger partial charge in [-0.15, -0.1) is 0 Å². The molecule has 0 atom stereocenters. The standard InChI is InChI=1S/C19H18N2O3S/c22-19(21-8-1-2-9-21)17-11-24-18(20-17)12-23-16-5-3-14(4-6-16)15-7-10-25-13-15/h3-7,10-11,13H,1-2,8-9,12H2. The Morgan fingerprint density at radius 2 is 1.96 bits per heavy atom. The predicted octanol–water partition coefficient (Wildman–Crippen LogP) is 4.22. The summed E-state index contributed by atoms with van der Waals surface area (Å²) in [5.41, 5.74) is 2.71. The van der Waals surface area contributed by atoms with Crippen molar-refractivity contribution in [1.29, 1.82) is 0 Å². The minimum absolute atomic E-state index is 0.0624. The van der Waals surface area contributed by atoms with E-state index in [2.05, 4.69) is 21.8 Å². The van der Waals surface area contributed by atoms with Gasteiger partial charge < -0.3 is 14.1 Å². The van der Waals surface area contributed by atoms with Crippen molar-refractivity contribution in [2.75, 3.05) is 13.1 Å². The van der Waals surface area contributed by atoms with Crippen LogP contribution in [-0.4, -0.2) is 28.9 Å². The molecule has 6 heteroatoms. The number of aromatic nitrogens is 1. The Morgan fingerprint density at radius 1 is 1.16 bits per heavy atom. The third-order valence-electron chi connectivity index (χ3n) is 4.24. The smallest absolute Gasteiger partial charge is 0.275 e. The van der Waals surface area contributed by atoms with Crippen molar-refractivity contribution in [3.63, 3.8) is 0 Å². The van der Waals surface area contributed by atoms with E-state index in [1.54, 1.807) is 11.3 Å². The second-order valence-electron chi connectivity index (χ2n) is 5.95. The molecule has 2 aromatic heterocycles. The lowest BCUT2D eigenvalue weighted by molar-refractivity contribution is 0.0787. The van der Waals surface area contributed by atoms with Gasteiger partial charge in [0.2, 0.25) is 5.89 Å². The van der Waals surface area contributed by atoms with Gasteiger partial charge in [-0.25, -0.2) is 4.98 Å². The van der Waals surface area contributed by atoms with Gasteiger partial charge in [0.25, 0.3) is 5.91 Å². The molecule has 1 saturated heterocycles. The van der Waals surface area contributed by atoms with Crippen molar-refractivity contribution in [2.45, 2.75) is 19.4 Å². The fourth-order valence-corrected chi connectivity index (χ4v) is 3.54. The molecule has 0 bridgehead atoms. The van der Waals surface area contributed by atoms with E-state index in [0.29, 0.717) is 11.6 Å². The third-order valence-corrected chi connectivity index (χ3v) is 4.92. The zero-order valence-electron chi connectivity index (χ0n) is 13.7. The largest absolute Gasteiger partial charge is 0.484 e. The maximum absolute atomic E-state index is 12.2. The van der Waals surface area contributed by atoms with Crippen LogP contribution < -0.4 is 4.74 Å². The Bertz CT molecular complexity index is 834. The van der Waals surface area contributed by atoms with E-state index in [1.165, 1.54) is 11.8 Å². The summed E-state index contributed by atoms with van der Waals surface area (Å²) < 4.78 is 11.1. The molecule has 0 unspecified atom stereocenters. The zero-order chi connectivity index (χ0) is 17.1. The van der Waals surface area contributed by atoms with Gasteiger partial charge in [0.05, 0.1) is 0 Å². The molecule has 1 aliphatic rings. The molecule has 1 amide bonds. The highest BCUT2D eigenvalue weighted by molar-refractivity contribution is 7.08. The number of thiophene rings is 1. The van der Waals surface area contributed by atoms with Gasteiger partial charge in [-0.3, -0.25) is 4.79 Å². The van der Waals surface area contributed by atoms with Gasteiger partial charge in [-0.05, 0) is 52.9 Å². The number of benzene rings is 1. The topological polar surface area (TPSA) is 55.6 Å². The molecule has 0 aliphatic carbocycles. The molecule has 128 valence electrons. The van der Waals surface area contributed by atoms with Crippen LogP contribution in [0.25, 0.3) is 11.1 Å². The van der Waals surface area contributed by atoms with Gasteiger partial charge in [0.15, 0.2) is 12.3 Å². The van der Waals surface area contributed by atoms with E-state index in [4.69, 9.17) is 9.15 Å². The molecule has 3 aromatic rings. The van der Waals surface area contributed by atoms with Crippen LogP contribution in [0.2, 0.25) is 0 Å². The Balaban J connectivity index is 1.36. The molecular formula is C19H18N2O3S. The number of hydrogen-bond donors (Lipinski definition) is 0. The summed E-state index contributed by atoms with van der Waals surface area (Å²) in [6.07, 6.45) is 3.53. The van der Waals surface area contributed by atoms with Crippen molar-refractivity contribution in [1.82, 2.24) is 9.88 Å². The van der Waals surface area contributed by atoms with Crippen LogP contribution in [0.5, 0.6) is 5.75 Å². The van der Waals surface area contributed by atoms with Crippen LogP contribution in [0.15, 0.2) is 51.8 Å². The predicted molar refractivity (Wildman–Crippen MR) is 95.7 cm³/mol. The number of likely N-dealkylation sites (tertiary alicyclic amines) is 1. The maximum atomic E-state index is 12.2. The molecule has 1 aliphatic heterocycles. The van der Waals surface area contributed by atoms with Crippen LogP contribution in [0.1, 0.15) is 29.2 Å². The lowest BCUT2D eigenvalue weighted by Crippen LogP contribution is -2.27. The van der Waals surface area contributed by atoms with E-state index in [1.807, 2.05) is 29.2 Å². The van der Waals surface area contributed by atoms with Crippen molar-refractivity contribution in [3.05, 3.63) is 58.9 Å². The molecule has 25 heavy (non-hydrogen) atoms. The maximum Gasteiger partial charge on any atom is 0.275 e. The average molecular weight is 354 g/mol. The second-order valence-corrected chi connectivity index (χ2v) is 6.73. The lowest BCUT2D eigenvalue weighted by atomic mass is 10.1. The first-order valence-corrected chi connectivity index (χ1v) is 9.23. The Hall–Kier alpha value is -2.60. The summed E-state index contributed by atoms with van der Waals surface area (Å²) in [5, 5.41) is 4.17. The van der Waals surface area contributed by atoms with Gasteiger partial charge in [-0.2, -0.15) is 11.3 Å². The zero-order valence-corrected chi connectivity index (χ0v) is 14.5. The Morgan fingerprint density at radius 3 is 2.68 bits per heavy atom. The number of hydrogen-bond acceptors (Lipinski definition) is 5. The van der Waals surface area contributed by atoms with Crippen LogP contribution in [0.3, 0.4) is 0 Å². The van der Waals surface area contributed by atoms with Gasteiger partial charge >= 0.3 is 0 Å². The number of rotatable bonds is 5. The molecular weight excluding hydrogens is 336 g/mol. The van der Waals surface area contributed by atoms with Gasteiger partial charge in [0, 0.05) is 13.1 Å². The summed E-state index contributed by atoms with van der Waals surface area (Å²) in [6.45, 7) is 1.80. The van der Waals surface area contributed by atoms with E-state index >= 15 is 0 Å². The van der Waals surface area contributed by atoms with Crippen LogP contribution in [0.4, 0.5) is 0 Å². The highest BCUT2D eigenvalue weighted by Gasteiger charge is 2.22. The normalized spacial score (nSPS) is 14.0. The summed E-state index contributed by atoms with van der Waals surface area (Å²) in [7, 11) is 0. The van der Waals surface area contributed by atoms with E-state index in [0.717, 1.165) is 37.2 Å². The average Bonchev–Trinajstić information content (AvgIpc) is 3.42. The number of carbonyl (C=O) groups excluding carboxylic acids is 1. The highest BCUT2D eigenvalue weighted by atomic mass is 32.1. The fraction of sp³-hybridized carbons (Fsp3) is 0.263. The summed E-state index contributed by atoms with van der Waals surface area (Å²) in [4.78, 5) is 18.3. The Kier molecular flexibility index (Phi) is 4.52. The monoisotopic (exact) mass is 354 g/mol. The van der Waals surface area contributed by atoms with Crippen LogP contribution in [-0.2, 0) is 6.61 Å². The third kappa shape index (κ3) is 3.58. The second kappa shape index (κ2) is 7.11. The molecule has 4 rings (SSSR count). The van der Waals surface area contributed by atoms with Crippen molar-refractivity contribution in [3.8, 4) is 16.9 Å². The number of ether oxygens (including phenoxy) is 1. The quantitative estimate of drug-likeness (QED) is 0.688. The first-order valence-electron chi connectivity index (χ1n) is 8.29. The number of amides is 1. The molecule has 1 fully saturated rings. The first-order chi connectivity index (χ1) is 12.3. The van der Waals surface area contributed by atoms with Crippen molar-refractivity contribution < 1.29 is 13.9 Å². The van der Waals surface area contributed by atoms with E-state index in [-0.39, 0.29) is 12.5 Å².